The van der Waals surface area contributed by atoms with E-state index in [1.165, 1.54) is 6.07 Å². The van der Waals surface area contributed by atoms with E-state index in [-0.39, 0.29) is 23.8 Å². The molecule has 1 aromatic carbocycles. The number of likely N-dealkylation sites (tertiary alicyclic amines) is 2. The summed E-state index contributed by atoms with van der Waals surface area (Å²) in [5.41, 5.74) is 0.565. The van der Waals surface area contributed by atoms with Crippen LogP contribution < -0.4 is 5.32 Å². The molecule has 0 unspecified atom stereocenters. The fraction of sp³-hybridized carbons (Fsp3) is 0.579. The van der Waals surface area contributed by atoms with E-state index < -0.39 is 0 Å². The summed E-state index contributed by atoms with van der Waals surface area (Å²) in [5, 5.41) is 2.84. The van der Waals surface area contributed by atoms with E-state index in [1.54, 1.807) is 23.1 Å². The molecule has 2 saturated heterocycles. The highest BCUT2D eigenvalue weighted by molar-refractivity contribution is 5.79. The van der Waals surface area contributed by atoms with Crippen molar-refractivity contribution in [2.75, 3.05) is 26.2 Å². The van der Waals surface area contributed by atoms with E-state index >= 15 is 0 Å². The lowest BCUT2D eigenvalue weighted by molar-refractivity contribution is -0.129. The summed E-state index contributed by atoms with van der Waals surface area (Å²) in [5.74, 6) is 0.142. The minimum Gasteiger partial charge on any atom is -0.343 e. The van der Waals surface area contributed by atoms with Crippen LogP contribution in [0.3, 0.4) is 0 Å². The average Bonchev–Trinajstić information content (AvgIpc) is 3.24. The fourth-order valence-electron chi connectivity index (χ4n) is 3.81. The maximum atomic E-state index is 14.1. The van der Waals surface area contributed by atoms with Crippen LogP contribution in [0.4, 0.5) is 9.18 Å². The predicted molar refractivity (Wildman–Crippen MR) is 93.5 cm³/mol. The first-order valence-electron chi connectivity index (χ1n) is 9.13. The molecule has 0 saturated carbocycles. The van der Waals surface area contributed by atoms with Crippen molar-refractivity contribution in [3.05, 3.63) is 35.6 Å². The van der Waals surface area contributed by atoms with Gasteiger partial charge in [0.25, 0.3) is 0 Å². The quantitative estimate of drug-likeness (QED) is 0.910. The number of carbonyl (C=O) groups is 2. The van der Waals surface area contributed by atoms with Crippen LogP contribution in [0.2, 0.25) is 0 Å². The Labute approximate surface area is 148 Å². The van der Waals surface area contributed by atoms with Crippen LogP contribution in [-0.2, 0) is 4.79 Å². The minimum absolute atomic E-state index is 0.0956. The third-order valence-corrected chi connectivity index (χ3v) is 5.11. The summed E-state index contributed by atoms with van der Waals surface area (Å²) < 4.78 is 14.1. The molecule has 3 amide bonds. The number of halogens is 1. The van der Waals surface area contributed by atoms with E-state index in [1.807, 2.05) is 4.90 Å². The number of benzene rings is 1. The molecule has 6 heteroatoms. The highest BCUT2D eigenvalue weighted by atomic mass is 19.1. The summed E-state index contributed by atoms with van der Waals surface area (Å²) in [7, 11) is 0. The minimum atomic E-state index is -0.274. The molecule has 2 aliphatic heterocycles. The van der Waals surface area contributed by atoms with Gasteiger partial charge in [-0.05, 0) is 31.2 Å². The van der Waals surface area contributed by atoms with Crippen LogP contribution in [0.1, 0.15) is 44.2 Å². The maximum Gasteiger partial charge on any atom is 0.317 e. The molecule has 2 heterocycles. The van der Waals surface area contributed by atoms with Gasteiger partial charge in [-0.3, -0.25) is 4.79 Å². The molecule has 2 fully saturated rings. The van der Waals surface area contributed by atoms with Gasteiger partial charge < -0.3 is 15.1 Å². The predicted octanol–water partition coefficient (Wildman–Crippen LogP) is 2.93. The van der Waals surface area contributed by atoms with Gasteiger partial charge in [0, 0.05) is 38.2 Å². The number of hydrogen-bond acceptors (Lipinski definition) is 2. The second kappa shape index (κ2) is 7.85. The number of nitrogens with one attached hydrogen (secondary N) is 1. The Morgan fingerprint density at radius 3 is 2.68 bits per heavy atom. The second-order valence-electron chi connectivity index (χ2n) is 7.10. The van der Waals surface area contributed by atoms with E-state index in [4.69, 9.17) is 0 Å². The first kappa shape index (κ1) is 17.7. The number of amides is 3. The zero-order valence-corrected chi connectivity index (χ0v) is 14.7. The van der Waals surface area contributed by atoms with Crippen LogP contribution >= 0.6 is 0 Å². The largest absolute Gasteiger partial charge is 0.343 e. The Bertz CT molecular complexity index is 631. The highest BCUT2D eigenvalue weighted by Crippen LogP contribution is 2.36. The highest BCUT2D eigenvalue weighted by Gasteiger charge is 2.35. The van der Waals surface area contributed by atoms with Crippen molar-refractivity contribution in [3.8, 4) is 0 Å². The molecule has 1 N–H and O–H groups in total. The molecule has 25 heavy (non-hydrogen) atoms. The van der Waals surface area contributed by atoms with Crippen molar-refractivity contribution in [3.63, 3.8) is 0 Å². The first-order chi connectivity index (χ1) is 12.1. The smallest absolute Gasteiger partial charge is 0.317 e. The molecule has 2 atom stereocenters. The van der Waals surface area contributed by atoms with Gasteiger partial charge in [-0.25, -0.2) is 9.18 Å². The van der Waals surface area contributed by atoms with Crippen molar-refractivity contribution < 1.29 is 14.0 Å². The van der Waals surface area contributed by atoms with Crippen molar-refractivity contribution in [2.24, 2.45) is 5.92 Å². The molecule has 0 aliphatic carbocycles. The van der Waals surface area contributed by atoms with E-state index in [0.29, 0.717) is 31.0 Å². The van der Waals surface area contributed by atoms with Gasteiger partial charge in [0.2, 0.25) is 5.91 Å². The van der Waals surface area contributed by atoms with Gasteiger partial charge in [-0.15, -0.1) is 0 Å². The molecule has 0 radical (unpaired) electrons. The van der Waals surface area contributed by atoms with Crippen molar-refractivity contribution in [1.82, 2.24) is 15.1 Å². The number of rotatable bonds is 4. The molecular weight excluding hydrogens is 321 g/mol. The van der Waals surface area contributed by atoms with Crippen LogP contribution in [0.5, 0.6) is 0 Å². The standard InChI is InChI=1S/C19H26FN3O2/c1-14-12-17(15-6-2-3-7-16(15)20)23(13-14)19(25)21-9-8-18(24)22-10-4-5-11-22/h2-3,6-7,14,17H,4-5,8-13H2,1H3,(H,21,25)/t14-,17+/m0/s1. The third-order valence-electron chi connectivity index (χ3n) is 5.11. The molecular formula is C19H26FN3O2. The lowest BCUT2D eigenvalue weighted by Gasteiger charge is -2.26. The number of carbonyl (C=O) groups excluding carboxylic acids is 2. The molecule has 3 rings (SSSR count). The molecule has 1 aromatic rings. The molecule has 0 bridgehead atoms. The lowest BCUT2D eigenvalue weighted by atomic mass is 10.0. The monoisotopic (exact) mass is 347 g/mol. The van der Waals surface area contributed by atoms with Crippen molar-refractivity contribution in [1.29, 1.82) is 0 Å². The van der Waals surface area contributed by atoms with Gasteiger partial charge >= 0.3 is 6.03 Å². The average molecular weight is 347 g/mol. The summed E-state index contributed by atoms with van der Waals surface area (Å²) in [4.78, 5) is 28.1. The molecule has 5 nitrogen and oxygen atoms in total. The van der Waals surface area contributed by atoms with Crippen LogP contribution in [-0.4, -0.2) is 47.9 Å². The molecule has 136 valence electrons. The summed E-state index contributed by atoms with van der Waals surface area (Å²) in [6, 6.07) is 6.17. The fourth-order valence-corrected chi connectivity index (χ4v) is 3.81. The maximum absolute atomic E-state index is 14.1. The van der Waals surface area contributed by atoms with Crippen molar-refractivity contribution >= 4 is 11.9 Å². The van der Waals surface area contributed by atoms with Crippen molar-refractivity contribution in [2.45, 2.75) is 38.6 Å². The molecule has 0 spiro atoms. The van der Waals surface area contributed by atoms with Gasteiger partial charge in [-0.2, -0.15) is 0 Å². The summed E-state index contributed by atoms with van der Waals surface area (Å²) in [6.07, 6.45) is 3.20. The molecule has 0 aromatic heterocycles. The van der Waals surface area contributed by atoms with Gasteiger partial charge in [0.05, 0.1) is 6.04 Å². The lowest BCUT2D eigenvalue weighted by Crippen LogP contribution is -2.41. The van der Waals surface area contributed by atoms with E-state index in [0.717, 1.165) is 32.4 Å². The zero-order chi connectivity index (χ0) is 17.8. The SMILES string of the molecule is C[C@H]1C[C@H](c2ccccc2F)N(C(=O)NCCC(=O)N2CCCC2)C1. The summed E-state index contributed by atoms with van der Waals surface area (Å²) in [6.45, 7) is 4.64. The Morgan fingerprint density at radius 2 is 1.96 bits per heavy atom. The number of nitrogens with zero attached hydrogens (tertiary/aromatic N) is 2. The van der Waals surface area contributed by atoms with Gasteiger partial charge in [0.1, 0.15) is 5.82 Å². The normalized spacial score (nSPS) is 23.1. The van der Waals surface area contributed by atoms with E-state index in [2.05, 4.69) is 12.2 Å². The van der Waals surface area contributed by atoms with Crippen LogP contribution in [0, 0.1) is 11.7 Å². The first-order valence-corrected chi connectivity index (χ1v) is 9.13. The van der Waals surface area contributed by atoms with Gasteiger partial charge in [-0.1, -0.05) is 25.1 Å². The Kier molecular flexibility index (Phi) is 5.56. The second-order valence-corrected chi connectivity index (χ2v) is 7.10. The summed E-state index contributed by atoms with van der Waals surface area (Å²) >= 11 is 0. The number of urea groups is 1. The van der Waals surface area contributed by atoms with Crippen LogP contribution in [0.25, 0.3) is 0 Å². The molecule has 2 aliphatic rings. The zero-order valence-electron chi connectivity index (χ0n) is 14.7. The van der Waals surface area contributed by atoms with Gasteiger partial charge in [0.15, 0.2) is 0 Å². The Balaban J connectivity index is 1.56. The Hall–Kier alpha value is -2.11. The van der Waals surface area contributed by atoms with Crippen LogP contribution in [0.15, 0.2) is 24.3 Å². The Morgan fingerprint density at radius 1 is 1.24 bits per heavy atom. The number of hydrogen-bond donors (Lipinski definition) is 1. The topological polar surface area (TPSA) is 52.7 Å². The third kappa shape index (κ3) is 4.11. The van der Waals surface area contributed by atoms with E-state index in [9.17, 15) is 14.0 Å².